The maximum absolute atomic E-state index is 5.48. The van der Waals surface area contributed by atoms with Crippen molar-refractivity contribution in [2.75, 3.05) is 14.2 Å². The fraction of sp³-hybridized carbons (Fsp3) is 0.333. The van der Waals surface area contributed by atoms with E-state index in [1.807, 2.05) is 18.2 Å². The molecule has 0 amide bonds. The summed E-state index contributed by atoms with van der Waals surface area (Å²) in [5, 5.41) is 13.9. The highest BCUT2D eigenvalue weighted by atomic mass is 32.2. The topological polar surface area (TPSA) is 88.1 Å². The first-order valence-electron chi connectivity index (χ1n) is 10.9. The van der Waals surface area contributed by atoms with Gasteiger partial charge in [0.2, 0.25) is 11.7 Å². The Morgan fingerprint density at radius 2 is 1.85 bits per heavy atom. The Morgan fingerprint density at radius 3 is 2.61 bits per heavy atom. The number of nitrogens with zero attached hydrogens (tertiary/aromatic N) is 5. The third-order valence-corrected chi connectivity index (χ3v) is 6.11. The molecule has 0 spiro atoms. The summed E-state index contributed by atoms with van der Waals surface area (Å²) in [6, 6.07) is 15.9. The molecule has 0 N–H and O–H groups in total. The summed E-state index contributed by atoms with van der Waals surface area (Å²) in [4.78, 5) is 4.54. The molecular weight excluding hydrogens is 438 g/mol. The highest BCUT2D eigenvalue weighted by Crippen LogP contribution is 2.32. The second-order valence-electron chi connectivity index (χ2n) is 7.40. The first-order valence-corrected chi connectivity index (χ1v) is 11.8. The standard InChI is InChI=1S/C24H27N5O3S/c1-4-14-29-21(13-10-17-8-6-5-7-9-17)26-27-24(29)33-16-22-25-23(28-32-22)19-12-11-18(30-2)15-20(19)31-3/h5-9,11-12,15H,4,10,13-14,16H2,1-3H3. The molecule has 4 rings (SSSR count). The largest absolute Gasteiger partial charge is 0.497 e. The molecule has 0 unspecified atom stereocenters. The minimum Gasteiger partial charge on any atom is -0.497 e. The lowest BCUT2D eigenvalue weighted by Gasteiger charge is -2.08. The zero-order valence-corrected chi connectivity index (χ0v) is 19.8. The number of thioether (sulfide) groups is 1. The van der Waals surface area contributed by atoms with E-state index in [1.165, 1.54) is 5.56 Å². The van der Waals surface area contributed by atoms with Crippen LogP contribution in [-0.4, -0.2) is 39.1 Å². The summed E-state index contributed by atoms with van der Waals surface area (Å²) >= 11 is 1.55. The van der Waals surface area contributed by atoms with Crippen LogP contribution >= 0.6 is 11.8 Å². The normalized spacial score (nSPS) is 11.0. The number of aryl methyl sites for hydroxylation is 2. The minimum absolute atomic E-state index is 0.476. The van der Waals surface area contributed by atoms with Crippen molar-refractivity contribution < 1.29 is 14.0 Å². The van der Waals surface area contributed by atoms with Crippen LogP contribution in [0.4, 0.5) is 0 Å². The van der Waals surface area contributed by atoms with Crippen LogP contribution in [0.15, 0.2) is 58.2 Å². The molecule has 0 bridgehead atoms. The lowest BCUT2D eigenvalue weighted by Crippen LogP contribution is -2.06. The van der Waals surface area contributed by atoms with Crippen LogP contribution in [0.25, 0.3) is 11.4 Å². The second-order valence-corrected chi connectivity index (χ2v) is 8.35. The van der Waals surface area contributed by atoms with Gasteiger partial charge in [-0.05, 0) is 30.5 Å². The van der Waals surface area contributed by atoms with Gasteiger partial charge in [-0.25, -0.2) is 0 Å². The Bertz CT molecular complexity index is 1180. The molecule has 4 aromatic rings. The number of methoxy groups -OCH3 is 2. The van der Waals surface area contributed by atoms with Gasteiger partial charge in [-0.1, -0.05) is 54.2 Å². The SMILES string of the molecule is CCCn1c(CCc2ccccc2)nnc1SCc1nc(-c2ccc(OC)cc2OC)no1. The molecule has 0 radical (unpaired) electrons. The summed E-state index contributed by atoms with van der Waals surface area (Å²) in [5.41, 5.74) is 2.04. The molecule has 9 heteroatoms. The van der Waals surface area contributed by atoms with E-state index < -0.39 is 0 Å². The van der Waals surface area contributed by atoms with Gasteiger partial charge in [0.05, 0.1) is 25.5 Å². The van der Waals surface area contributed by atoms with Crippen LogP contribution in [-0.2, 0) is 25.1 Å². The van der Waals surface area contributed by atoms with Crippen LogP contribution in [0.3, 0.4) is 0 Å². The highest BCUT2D eigenvalue weighted by molar-refractivity contribution is 7.98. The molecule has 2 heterocycles. The van der Waals surface area contributed by atoms with Crippen molar-refractivity contribution in [3.05, 3.63) is 65.8 Å². The monoisotopic (exact) mass is 465 g/mol. The summed E-state index contributed by atoms with van der Waals surface area (Å²) in [5.74, 6) is 3.82. The van der Waals surface area contributed by atoms with Gasteiger partial charge in [0, 0.05) is 19.0 Å². The Balaban J connectivity index is 1.44. The molecule has 0 fully saturated rings. The first-order chi connectivity index (χ1) is 16.2. The Hall–Kier alpha value is -3.33. The average molecular weight is 466 g/mol. The number of ether oxygens (including phenoxy) is 2. The van der Waals surface area contributed by atoms with E-state index in [-0.39, 0.29) is 0 Å². The van der Waals surface area contributed by atoms with Gasteiger partial charge in [-0.3, -0.25) is 0 Å². The van der Waals surface area contributed by atoms with Crippen LogP contribution in [0.5, 0.6) is 11.5 Å². The van der Waals surface area contributed by atoms with Crippen molar-refractivity contribution in [2.45, 2.75) is 43.6 Å². The van der Waals surface area contributed by atoms with Gasteiger partial charge in [0.15, 0.2) is 5.16 Å². The van der Waals surface area contributed by atoms with Gasteiger partial charge in [-0.15, -0.1) is 10.2 Å². The average Bonchev–Trinajstić information content (AvgIpc) is 3.49. The van der Waals surface area contributed by atoms with E-state index in [9.17, 15) is 0 Å². The molecule has 33 heavy (non-hydrogen) atoms. The highest BCUT2D eigenvalue weighted by Gasteiger charge is 2.17. The number of hydrogen-bond acceptors (Lipinski definition) is 8. The first kappa shape index (κ1) is 22.8. The van der Waals surface area contributed by atoms with Gasteiger partial charge in [-0.2, -0.15) is 4.98 Å². The lowest BCUT2D eigenvalue weighted by atomic mass is 10.1. The van der Waals surface area contributed by atoms with Gasteiger partial charge >= 0.3 is 0 Å². The second kappa shape index (κ2) is 11.0. The van der Waals surface area contributed by atoms with Gasteiger partial charge in [0.25, 0.3) is 0 Å². The van der Waals surface area contributed by atoms with E-state index in [2.05, 4.69) is 56.1 Å². The number of hydrogen-bond donors (Lipinski definition) is 0. The molecule has 0 saturated carbocycles. The molecule has 0 atom stereocenters. The van der Waals surface area contributed by atoms with Crippen molar-refractivity contribution in [3.8, 4) is 22.9 Å². The summed E-state index contributed by atoms with van der Waals surface area (Å²) in [6.45, 7) is 3.03. The van der Waals surface area contributed by atoms with Crippen molar-refractivity contribution >= 4 is 11.8 Å². The predicted octanol–water partition coefficient (Wildman–Crippen LogP) is 4.83. The van der Waals surface area contributed by atoms with Crippen molar-refractivity contribution in [2.24, 2.45) is 0 Å². The van der Waals surface area contributed by atoms with E-state index in [4.69, 9.17) is 14.0 Å². The fourth-order valence-electron chi connectivity index (χ4n) is 3.49. The number of aromatic nitrogens is 5. The zero-order valence-electron chi connectivity index (χ0n) is 19.0. The summed E-state index contributed by atoms with van der Waals surface area (Å²) in [6.07, 6.45) is 2.79. The van der Waals surface area contributed by atoms with Gasteiger partial charge in [0.1, 0.15) is 17.3 Å². The Morgan fingerprint density at radius 1 is 1.00 bits per heavy atom. The van der Waals surface area contributed by atoms with Crippen molar-refractivity contribution in [1.82, 2.24) is 24.9 Å². The predicted molar refractivity (Wildman–Crippen MR) is 127 cm³/mol. The molecule has 0 aliphatic rings. The van der Waals surface area contributed by atoms with Crippen LogP contribution in [0.1, 0.15) is 30.6 Å². The molecule has 0 saturated heterocycles. The zero-order chi connectivity index (χ0) is 23.0. The Labute approximate surface area is 197 Å². The number of rotatable bonds is 11. The van der Waals surface area contributed by atoms with Crippen molar-refractivity contribution in [1.29, 1.82) is 0 Å². The minimum atomic E-state index is 0.476. The summed E-state index contributed by atoms with van der Waals surface area (Å²) < 4.78 is 18.4. The molecule has 8 nitrogen and oxygen atoms in total. The Kier molecular flexibility index (Phi) is 7.62. The molecule has 2 aromatic heterocycles. The lowest BCUT2D eigenvalue weighted by molar-refractivity contribution is 0.388. The molecule has 2 aromatic carbocycles. The fourth-order valence-corrected chi connectivity index (χ4v) is 4.31. The van der Waals surface area contributed by atoms with Crippen LogP contribution in [0.2, 0.25) is 0 Å². The third kappa shape index (κ3) is 5.54. The van der Waals surface area contributed by atoms with Crippen LogP contribution < -0.4 is 9.47 Å². The molecule has 172 valence electrons. The maximum atomic E-state index is 5.48. The van der Waals surface area contributed by atoms with E-state index >= 15 is 0 Å². The quantitative estimate of drug-likeness (QED) is 0.291. The molecule has 0 aliphatic carbocycles. The van der Waals surface area contributed by atoms with Gasteiger partial charge < -0.3 is 18.6 Å². The van der Waals surface area contributed by atoms with Crippen molar-refractivity contribution in [3.63, 3.8) is 0 Å². The number of benzene rings is 2. The van der Waals surface area contributed by atoms with E-state index in [1.54, 1.807) is 32.0 Å². The molecular formula is C24H27N5O3S. The smallest absolute Gasteiger partial charge is 0.237 e. The third-order valence-electron chi connectivity index (χ3n) is 5.16. The van der Waals surface area contributed by atoms with Crippen LogP contribution in [0, 0.1) is 0 Å². The van der Waals surface area contributed by atoms with E-state index in [0.717, 1.165) is 42.4 Å². The summed E-state index contributed by atoms with van der Waals surface area (Å²) in [7, 11) is 3.22. The van der Waals surface area contributed by atoms with E-state index in [0.29, 0.717) is 29.0 Å². The maximum Gasteiger partial charge on any atom is 0.237 e. The molecule has 0 aliphatic heterocycles.